The van der Waals surface area contributed by atoms with Crippen LogP contribution in [0.4, 0.5) is 0 Å². The molecule has 0 aromatic carbocycles. The standard InChI is InChI=1S/C11H17NO4/c1-2-16-11(15)6-10(14)9-4-3-5-12(7-9)8-13/h8-9H,2-7H2,1H3. The molecular formula is C11H17NO4. The molecule has 0 saturated carbocycles. The first-order valence-electron chi connectivity index (χ1n) is 5.55. The van der Waals surface area contributed by atoms with Gasteiger partial charge in [-0.05, 0) is 19.8 Å². The van der Waals surface area contributed by atoms with Gasteiger partial charge in [0.15, 0.2) is 0 Å². The van der Waals surface area contributed by atoms with Crippen molar-refractivity contribution in [3.8, 4) is 0 Å². The molecule has 0 bridgehead atoms. The van der Waals surface area contributed by atoms with E-state index < -0.39 is 5.97 Å². The minimum atomic E-state index is -0.476. The molecule has 0 radical (unpaired) electrons. The Kier molecular flexibility index (Phi) is 4.95. The highest BCUT2D eigenvalue weighted by Crippen LogP contribution is 2.17. The highest BCUT2D eigenvalue weighted by molar-refractivity contribution is 5.97. The second-order valence-corrected chi connectivity index (χ2v) is 3.89. The Morgan fingerprint density at radius 3 is 2.88 bits per heavy atom. The van der Waals surface area contributed by atoms with Crippen LogP contribution in [0.25, 0.3) is 0 Å². The fourth-order valence-corrected chi connectivity index (χ4v) is 1.86. The van der Waals surface area contributed by atoms with Crippen LogP contribution in [0, 0.1) is 5.92 Å². The number of ether oxygens (including phenoxy) is 1. The Morgan fingerprint density at radius 1 is 1.50 bits per heavy atom. The minimum Gasteiger partial charge on any atom is -0.466 e. The molecule has 1 amide bonds. The Labute approximate surface area is 94.7 Å². The lowest BCUT2D eigenvalue weighted by molar-refractivity contribution is -0.146. The van der Waals surface area contributed by atoms with E-state index >= 15 is 0 Å². The van der Waals surface area contributed by atoms with E-state index in [0.29, 0.717) is 13.1 Å². The lowest BCUT2D eigenvalue weighted by atomic mass is 9.92. The number of rotatable bonds is 5. The van der Waals surface area contributed by atoms with Gasteiger partial charge in [0.05, 0.1) is 6.61 Å². The summed E-state index contributed by atoms with van der Waals surface area (Å²) in [6.45, 7) is 3.13. The summed E-state index contributed by atoms with van der Waals surface area (Å²) in [7, 11) is 0. The molecule has 5 nitrogen and oxygen atoms in total. The average molecular weight is 227 g/mol. The quantitative estimate of drug-likeness (QED) is 0.387. The Morgan fingerprint density at radius 2 is 2.25 bits per heavy atom. The molecule has 1 unspecified atom stereocenters. The van der Waals surface area contributed by atoms with Gasteiger partial charge in [0.1, 0.15) is 12.2 Å². The third kappa shape index (κ3) is 3.64. The summed E-state index contributed by atoms with van der Waals surface area (Å²) >= 11 is 0. The molecule has 5 heteroatoms. The second-order valence-electron chi connectivity index (χ2n) is 3.89. The third-order valence-electron chi connectivity index (χ3n) is 2.68. The van der Waals surface area contributed by atoms with Crippen molar-refractivity contribution in [3.05, 3.63) is 0 Å². The summed E-state index contributed by atoms with van der Waals surface area (Å²) in [6.07, 6.45) is 2.15. The van der Waals surface area contributed by atoms with Crippen molar-refractivity contribution in [1.29, 1.82) is 0 Å². The van der Waals surface area contributed by atoms with Gasteiger partial charge in [0.25, 0.3) is 0 Å². The molecule has 1 aliphatic heterocycles. The van der Waals surface area contributed by atoms with Gasteiger partial charge in [0, 0.05) is 19.0 Å². The predicted molar refractivity (Wildman–Crippen MR) is 56.6 cm³/mol. The van der Waals surface area contributed by atoms with E-state index in [1.165, 1.54) is 0 Å². The SMILES string of the molecule is CCOC(=O)CC(=O)C1CCCN(C=O)C1. The number of nitrogens with zero attached hydrogens (tertiary/aromatic N) is 1. The van der Waals surface area contributed by atoms with Gasteiger partial charge < -0.3 is 9.64 Å². The topological polar surface area (TPSA) is 63.7 Å². The number of likely N-dealkylation sites (tertiary alicyclic amines) is 1. The van der Waals surface area contributed by atoms with Crippen LogP contribution in [-0.4, -0.2) is 42.8 Å². The first-order chi connectivity index (χ1) is 7.67. The van der Waals surface area contributed by atoms with E-state index in [9.17, 15) is 14.4 Å². The summed E-state index contributed by atoms with van der Waals surface area (Å²) < 4.78 is 4.71. The number of carbonyl (C=O) groups excluding carboxylic acids is 3. The number of ketones is 1. The van der Waals surface area contributed by atoms with Gasteiger partial charge in [-0.1, -0.05) is 0 Å². The first kappa shape index (κ1) is 12.7. The smallest absolute Gasteiger partial charge is 0.313 e. The van der Waals surface area contributed by atoms with Crippen LogP contribution < -0.4 is 0 Å². The Bertz CT molecular complexity index is 277. The fourth-order valence-electron chi connectivity index (χ4n) is 1.86. The van der Waals surface area contributed by atoms with E-state index in [4.69, 9.17) is 4.74 Å². The van der Waals surface area contributed by atoms with Crippen LogP contribution >= 0.6 is 0 Å². The average Bonchev–Trinajstić information content (AvgIpc) is 2.29. The zero-order valence-electron chi connectivity index (χ0n) is 9.48. The molecule has 1 fully saturated rings. The summed E-state index contributed by atoms with van der Waals surface area (Å²) in [5.41, 5.74) is 0. The largest absolute Gasteiger partial charge is 0.466 e. The predicted octanol–water partition coefficient (Wildman–Crippen LogP) is 0.377. The lowest BCUT2D eigenvalue weighted by Crippen LogP contribution is -2.38. The number of esters is 1. The third-order valence-corrected chi connectivity index (χ3v) is 2.68. The number of amides is 1. The molecule has 16 heavy (non-hydrogen) atoms. The lowest BCUT2D eigenvalue weighted by Gasteiger charge is -2.28. The van der Waals surface area contributed by atoms with Gasteiger partial charge in [-0.15, -0.1) is 0 Å². The van der Waals surface area contributed by atoms with Crippen molar-refractivity contribution >= 4 is 18.2 Å². The summed E-state index contributed by atoms with van der Waals surface area (Å²) in [4.78, 5) is 35.0. The van der Waals surface area contributed by atoms with E-state index in [2.05, 4.69) is 0 Å². The number of hydrogen-bond acceptors (Lipinski definition) is 4. The maximum absolute atomic E-state index is 11.7. The molecule has 0 spiro atoms. The van der Waals surface area contributed by atoms with Gasteiger partial charge in [0.2, 0.25) is 6.41 Å². The first-order valence-corrected chi connectivity index (χ1v) is 5.55. The van der Waals surface area contributed by atoms with Gasteiger partial charge in [-0.3, -0.25) is 14.4 Å². The van der Waals surface area contributed by atoms with E-state index in [1.54, 1.807) is 11.8 Å². The van der Waals surface area contributed by atoms with Crippen LogP contribution in [-0.2, 0) is 19.1 Å². The normalized spacial score (nSPS) is 20.3. The molecule has 90 valence electrons. The second kappa shape index (κ2) is 6.25. The Balaban J connectivity index is 2.41. The van der Waals surface area contributed by atoms with Crippen molar-refractivity contribution in [3.63, 3.8) is 0 Å². The molecule has 1 atom stereocenters. The van der Waals surface area contributed by atoms with E-state index in [0.717, 1.165) is 19.3 Å². The van der Waals surface area contributed by atoms with Crippen molar-refractivity contribution in [2.45, 2.75) is 26.2 Å². The van der Waals surface area contributed by atoms with Crippen LogP contribution in [0.3, 0.4) is 0 Å². The van der Waals surface area contributed by atoms with Gasteiger partial charge in [-0.25, -0.2) is 0 Å². The maximum atomic E-state index is 11.7. The fraction of sp³-hybridized carbons (Fsp3) is 0.727. The number of carbonyl (C=O) groups is 3. The van der Waals surface area contributed by atoms with Crippen LogP contribution in [0.1, 0.15) is 26.2 Å². The van der Waals surface area contributed by atoms with Crippen LogP contribution in [0.5, 0.6) is 0 Å². The monoisotopic (exact) mass is 227 g/mol. The zero-order chi connectivity index (χ0) is 12.0. The summed E-state index contributed by atoms with van der Waals surface area (Å²) in [5, 5.41) is 0. The molecule has 1 aliphatic rings. The van der Waals surface area contributed by atoms with Crippen molar-refractivity contribution in [2.24, 2.45) is 5.92 Å². The van der Waals surface area contributed by atoms with Crippen molar-refractivity contribution in [2.75, 3.05) is 19.7 Å². The molecule has 0 N–H and O–H groups in total. The van der Waals surface area contributed by atoms with Gasteiger partial charge in [-0.2, -0.15) is 0 Å². The van der Waals surface area contributed by atoms with E-state index in [1.807, 2.05) is 0 Å². The highest BCUT2D eigenvalue weighted by atomic mass is 16.5. The molecule has 1 rings (SSSR count). The van der Waals surface area contributed by atoms with Crippen molar-refractivity contribution in [1.82, 2.24) is 4.90 Å². The van der Waals surface area contributed by atoms with Crippen LogP contribution in [0.15, 0.2) is 0 Å². The number of Topliss-reactive ketones (excluding diaryl/α,β-unsaturated/α-hetero) is 1. The van der Waals surface area contributed by atoms with E-state index in [-0.39, 0.29) is 24.7 Å². The molecule has 0 aliphatic carbocycles. The van der Waals surface area contributed by atoms with Crippen LogP contribution in [0.2, 0.25) is 0 Å². The van der Waals surface area contributed by atoms with Crippen molar-refractivity contribution < 1.29 is 19.1 Å². The molecule has 0 aromatic rings. The van der Waals surface area contributed by atoms with Gasteiger partial charge >= 0.3 is 5.97 Å². The molecule has 1 heterocycles. The zero-order valence-corrected chi connectivity index (χ0v) is 9.48. The summed E-state index contributed by atoms with van der Waals surface area (Å²) in [5.74, 6) is -0.802. The molecule has 1 saturated heterocycles. The highest BCUT2D eigenvalue weighted by Gasteiger charge is 2.26. The Hall–Kier alpha value is -1.39. The number of piperidine rings is 1. The molecule has 0 aromatic heterocycles. The molecular weight excluding hydrogens is 210 g/mol. The maximum Gasteiger partial charge on any atom is 0.313 e. The number of hydrogen-bond donors (Lipinski definition) is 0. The summed E-state index contributed by atoms with van der Waals surface area (Å²) in [6, 6.07) is 0. The minimum absolute atomic E-state index is 0.120.